The quantitative estimate of drug-likeness (QED) is 0.763. The molecule has 3 N–H and O–H groups in total. The van der Waals surface area contributed by atoms with E-state index in [0.717, 1.165) is 0 Å². The van der Waals surface area contributed by atoms with E-state index in [0.29, 0.717) is 17.5 Å². The number of aliphatic hydroxyl groups is 2. The molecule has 3 atom stereocenters. The summed E-state index contributed by atoms with van der Waals surface area (Å²) in [6.07, 6.45) is 0.410. The van der Waals surface area contributed by atoms with Crippen molar-refractivity contribution in [1.82, 2.24) is 0 Å². The maximum atomic E-state index is 10.9. The summed E-state index contributed by atoms with van der Waals surface area (Å²) in [5.74, 6) is -1.48. The smallest absolute Gasteiger partial charge is 0.310 e. The number of carbonyl (C=O) groups is 1. The van der Waals surface area contributed by atoms with Crippen LogP contribution in [0.15, 0.2) is 24.3 Å². The Kier molecular flexibility index (Phi) is 4.38. The predicted molar refractivity (Wildman–Crippen MR) is 73.0 cm³/mol. The monoisotopic (exact) mass is 266 g/mol. The van der Waals surface area contributed by atoms with Crippen molar-refractivity contribution in [2.75, 3.05) is 0 Å². The molecular weight excluding hydrogens is 244 g/mol. The predicted octanol–water partition coefficient (Wildman–Crippen LogP) is 2.24. The lowest BCUT2D eigenvalue weighted by Crippen LogP contribution is -2.46. The van der Waals surface area contributed by atoms with Gasteiger partial charge in [0, 0.05) is 0 Å². The van der Waals surface area contributed by atoms with Crippen molar-refractivity contribution >= 4 is 5.97 Å². The van der Waals surface area contributed by atoms with Gasteiger partial charge in [-0.2, -0.15) is 0 Å². The molecular formula is C15H22O4. The van der Waals surface area contributed by atoms with Crippen LogP contribution >= 0.6 is 0 Å². The fourth-order valence-electron chi connectivity index (χ4n) is 1.89. The molecule has 4 nitrogen and oxygen atoms in total. The van der Waals surface area contributed by atoms with Crippen LogP contribution in [0.3, 0.4) is 0 Å². The highest BCUT2D eigenvalue weighted by Crippen LogP contribution is 2.35. The van der Waals surface area contributed by atoms with Gasteiger partial charge in [0.15, 0.2) is 0 Å². The van der Waals surface area contributed by atoms with Crippen molar-refractivity contribution in [2.45, 2.75) is 51.2 Å². The lowest BCUT2D eigenvalue weighted by Gasteiger charge is -2.38. The highest BCUT2D eigenvalue weighted by atomic mass is 16.4. The van der Waals surface area contributed by atoms with Gasteiger partial charge < -0.3 is 15.3 Å². The first-order valence-electron chi connectivity index (χ1n) is 6.41. The van der Waals surface area contributed by atoms with Crippen LogP contribution in [0.25, 0.3) is 0 Å². The van der Waals surface area contributed by atoms with Crippen LogP contribution < -0.4 is 0 Å². The lowest BCUT2D eigenvalue weighted by molar-refractivity contribution is -0.138. The van der Waals surface area contributed by atoms with Gasteiger partial charge in [0.1, 0.15) is 5.60 Å². The van der Waals surface area contributed by atoms with Crippen molar-refractivity contribution in [2.24, 2.45) is 0 Å². The molecule has 1 rings (SSSR count). The van der Waals surface area contributed by atoms with Gasteiger partial charge >= 0.3 is 5.97 Å². The maximum absolute atomic E-state index is 10.9. The molecule has 0 saturated heterocycles. The maximum Gasteiger partial charge on any atom is 0.310 e. The van der Waals surface area contributed by atoms with Gasteiger partial charge in [0.25, 0.3) is 0 Å². The Morgan fingerprint density at radius 3 is 2.05 bits per heavy atom. The van der Waals surface area contributed by atoms with Crippen LogP contribution in [-0.4, -0.2) is 26.9 Å². The highest BCUT2D eigenvalue weighted by Gasteiger charge is 2.41. The lowest BCUT2D eigenvalue weighted by atomic mass is 9.78. The zero-order valence-corrected chi connectivity index (χ0v) is 11.8. The van der Waals surface area contributed by atoms with E-state index >= 15 is 0 Å². The van der Waals surface area contributed by atoms with Crippen molar-refractivity contribution in [3.63, 3.8) is 0 Å². The summed E-state index contributed by atoms with van der Waals surface area (Å²) < 4.78 is 0. The Hall–Kier alpha value is -1.39. The van der Waals surface area contributed by atoms with Gasteiger partial charge in [-0.05, 0) is 38.3 Å². The van der Waals surface area contributed by atoms with Crippen molar-refractivity contribution in [3.8, 4) is 0 Å². The molecule has 1 aromatic rings. The zero-order valence-electron chi connectivity index (χ0n) is 11.8. The molecule has 0 saturated carbocycles. The molecule has 0 radical (unpaired) electrons. The fourth-order valence-corrected chi connectivity index (χ4v) is 1.89. The van der Waals surface area contributed by atoms with Crippen LogP contribution in [0.2, 0.25) is 0 Å². The number of carboxylic acids is 1. The minimum absolute atomic E-state index is 0.410. The topological polar surface area (TPSA) is 77.8 Å². The summed E-state index contributed by atoms with van der Waals surface area (Å²) in [6.45, 7) is 6.56. The minimum Gasteiger partial charge on any atom is -0.481 e. The van der Waals surface area contributed by atoms with Gasteiger partial charge in [-0.15, -0.1) is 0 Å². The molecule has 0 heterocycles. The average Bonchev–Trinajstić information content (AvgIpc) is 2.37. The largest absolute Gasteiger partial charge is 0.481 e. The van der Waals surface area contributed by atoms with E-state index in [4.69, 9.17) is 5.11 Å². The first kappa shape index (κ1) is 15.7. The van der Waals surface area contributed by atoms with E-state index < -0.39 is 23.1 Å². The molecule has 0 amide bonds. The second-order valence-corrected chi connectivity index (χ2v) is 5.38. The second-order valence-electron chi connectivity index (χ2n) is 5.38. The number of rotatable bonds is 5. The van der Waals surface area contributed by atoms with E-state index in [1.54, 1.807) is 52.0 Å². The van der Waals surface area contributed by atoms with Gasteiger partial charge in [-0.25, -0.2) is 0 Å². The van der Waals surface area contributed by atoms with Crippen LogP contribution in [-0.2, 0) is 10.4 Å². The molecule has 0 aromatic heterocycles. The van der Waals surface area contributed by atoms with Crippen LogP contribution in [0.1, 0.15) is 51.2 Å². The summed E-state index contributed by atoms with van der Waals surface area (Å²) in [4.78, 5) is 10.9. The third-order valence-electron chi connectivity index (χ3n) is 4.08. The second kappa shape index (κ2) is 5.31. The summed E-state index contributed by atoms with van der Waals surface area (Å²) in [5, 5.41) is 29.7. The Balaban J connectivity index is 3.09. The van der Waals surface area contributed by atoms with E-state index in [2.05, 4.69) is 0 Å². The number of hydrogen-bond acceptors (Lipinski definition) is 3. The minimum atomic E-state index is -1.38. The van der Waals surface area contributed by atoms with Gasteiger partial charge in [-0.1, -0.05) is 31.2 Å². The molecule has 0 aliphatic rings. The molecule has 4 heteroatoms. The number of benzene rings is 1. The summed E-state index contributed by atoms with van der Waals surface area (Å²) in [5.41, 5.74) is -1.39. The molecule has 0 bridgehead atoms. The van der Waals surface area contributed by atoms with Crippen LogP contribution in [0, 0.1) is 0 Å². The first-order chi connectivity index (χ1) is 8.63. The van der Waals surface area contributed by atoms with Crippen LogP contribution in [0.4, 0.5) is 0 Å². The fraction of sp³-hybridized carbons (Fsp3) is 0.533. The Bertz CT molecular complexity index is 446. The first-order valence-corrected chi connectivity index (χ1v) is 6.41. The molecule has 3 unspecified atom stereocenters. The Morgan fingerprint density at radius 2 is 1.68 bits per heavy atom. The number of carboxylic acid groups (broad SMARTS) is 1. The third kappa shape index (κ3) is 2.96. The van der Waals surface area contributed by atoms with E-state index in [1.165, 1.54) is 0 Å². The average molecular weight is 266 g/mol. The Labute approximate surface area is 113 Å². The van der Waals surface area contributed by atoms with Crippen LogP contribution in [0.5, 0.6) is 0 Å². The highest BCUT2D eigenvalue weighted by molar-refractivity contribution is 5.75. The summed E-state index contributed by atoms with van der Waals surface area (Å²) in [7, 11) is 0. The van der Waals surface area contributed by atoms with Crippen molar-refractivity contribution < 1.29 is 20.1 Å². The zero-order chi connectivity index (χ0) is 14.8. The summed E-state index contributed by atoms with van der Waals surface area (Å²) in [6, 6.07) is 6.68. The molecule has 0 fully saturated rings. The van der Waals surface area contributed by atoms with Gasteiger partial charge in [-0.3, -0.25) is 4.79 Å². The van der Waals surface area contributed by atoms with Crippen molar-refractivity contribution in [1.29, 1.82) is 0 Å². The Morgan fingerprint density at radius 1 is 1.21 bits per heavy atom. The molecule has 106 valence electrons. The van der Waals surface area contributed by atoms with Crippen molar-refractivity contribution in [3.05, 3.63) is 35.4 Å². The molecule has 19 heavy (non-hydrogen) atoms. The summed E-state index contributed by atoms with van der Waals surface area (Å²) >= 11 is 0. The van der Waals surface area contributed by atoms with E-state index in [-0.39, 0.29) is 0 Å². The number of hydrogen-bond donors (Lipinski definition) is 3. The molecule has 0 spiro atoms. The van der Waals surface area contributed by atoms with Gasteiger partial charge in [0.2, 0.25) is 0 Å². The SMILES string of the molecule is CCC(C)(O)C(C)(O)c1ccc(C(C)C(=O)O)cc1. The molecule has 0 aliphatic heterocycles. The van der Waals surface area contributed by atoms with Gasteiger partial charge in [0.05, 0.1) is 11.5 Å². The number of aliphatic carboxylic acids is 1. The standard InChI is InChI=1S/C15H22O4/c1-5-14(3,18)15(4,19)12-8-6-11(7-9-12)10(2)13(16)17/h6-10,18-19H,5H2,1-4H3,(H,16,17). The normalized spacial score (nSPS) is 19.3. The van der Waals surface area contributed by atoms with E-state index in [1.807, 2.05) is 0 Å². The molecule has 1 aromatic carbocycles. The van der Waals surface area contributed by atoms with E-state index in [9.17, 15) is 15.0 Å². The molecule has 0 aliphatic carbocycles. The third-order valence-corrected chi connectivity index (χ3v) is 4.08.